The van der Waals surface area contributed by atoms with Gasteiger partial charge < -0.3 is 14.5 Å². The Balaban J connectivity index is 1.57. The van der Waals surface area contributed by atoms with E-state index in [0.717, 1.165) is 52.2 Å². The molecule has 2 aliphatic rings. The van der Waals surface area contributed by atoms with Gasteiger partial charge in [-0.1, -0.05) is 30.8 Å². The van der Waals surface area contributed by atoms with E-state index in [9.17, 15) is 9.59 Å². The number of nitrogens with zero attached hydrogens (tertiary/aromatic N) is 4. The number of benzene rings is 1. The summed E-state index contributed by atoms with van der Waals surface area (Å²) in [7, 11) is 0. The first kappa shape index (κ1) is 21.3. The lowest BCUT2D eigenvalue weighted by Gasteiger charge is -2.35. The summed E-state index contributed by atoms with van der Waals surface area (Å²) >= 11 is 1.38. The van der Waals surface area contributed by atoms with Crippen molar-refractivity contribution in [2.75, 3.05) is 39.3 Å². The number of rotatable bonds is 6. The number of amides is 1. The van der Waals surface area contributed by atoms with Crippen molar-refractivity contribution in [1.29, 1.82) is 0 Å². The fourth-order valence-electron chi connectivity index (χ4n) is 4.14. The SMILES string of the molecule is CCN1CCN(C(=O)C(C)Sc2nc3ccccc3c(=O)n2CC2CCCO2)CC1. The molecule has 0 N–H and O–H groups in total. The highest BCUT2D eigenvalue weighted by molar-refractivity contribution is 8.00. The largest absolute Gasteiger partial charge is 0.376 e. The number of ether oxygens (including phenoxy) is 1. The van der Waals surface area contributed by atoms with Gasteiger partial charge in [-0.05, 0) is 38.4 Å². The van der Waals surface area contributed by atoms with Gasteiger partial charge >= 0.3 is 0 Å². The van der Waals surface area contributed by atoms with E-state index in [0.29, 0.717) is 22.6 Å². The van der Waals surface area contributed by atoms with Crippen LogP contribution in [0, 0.1) is 0 Å². The van der Waals surface area contributed by atoms with Crippen molar-refractivity contribution in [3.63, 3.8) is 0 Å². The minimum absolute atomic E-state index is 0.0261. The number of fused-ring (bicyclic) bond motifs is 1. The van der Waals surface area contributed by atoms with Crippen LogP contribution in [0.2, 0.25) is 0 Å². The van der Waals surface area contributed by atoms with Gasteiger partial charge in [0, 0.05) is 32.8 Å². The van der Waals surface area contributed by atoms with Crippen molar-refractivity contribution in [2.24, 2.45) is 0 Å². The van der Waals surface area contributed by atoms with Crippen LogP contribution in [-0.2, 0) is 16.1 Å². The summed E-state index contributed by atoms with van der Waals surface area (Å²) in [6.07, 6.45) is 1.99. The van der Waals surface area contributed by atoms with Crippen molar-refractivity contribution < 1.29 is 9.53 Å². The molecule has 30 heavy (non-hydrogen) atoms. The van der Waals surface area contributed by atoms with Crippen molar-refractivity contribution in [1.82, 2.24) is 19.4 Å². The lowest BCUT2D eigenvalue weighted by atomic mass is 10.2. The van der Waals surface area contributed by atoms with Crippen LogP contribution in [0.3, 0.4) is 0 Å². The minimum Gasteiger partial charge on any atom is -0.376 e. The Morgan fingerprint density at radius 2 is 2.03 bits per heavy atom. The maximum atomic E-state index is 13.2. The molecule has 3 heterocycles. The second-order valence-corrected chi connectivity index (χ2v) is 9.29. The molecule has 1 amide bonds. The number of hydrogen-bond donors (Lipinski definition) is 0. The van der Waals surface area contributed by atoms with Crippen LogP contribution in [0.1, 0.15) is 26.7 Å². The second kappa shape index (κ2) is 9.49. The number of para-hydroxylation sites is 1. The Labute approximate surface area is 181 Å². The third kappa shape index (κ3) is 4.55. The molecule has 2 saturated heterocycles. The standard InChI is InChI=1S/C22H30N4O3S/c1-3-24-10-12-25(13-11-24)20(27)16(2)30-22-23-19-9-5-4-8-18(19)21(28)26(22)15-17-7-6-14-29-17/h4-5,8-9,16-17H,3,6-7,10-15H2,1-2H3. The molecule has 1 aromatic carbocycles. The van der Waals surface area contributed by atoms with Gasteiger partial charge in [0.2, 0.25) is 5.91 Å². The quantitative estimate of drug-likeness (QED) is 0.517. The summed E-state index contributed by atoms with van der Waals surface area (Å²) in [5.41, 5.74) is 0.611. The first-order valence-electron chi connectivity index (χ1n) is 10.9. The van der Waals surface area contributed by atoms with Crippen LogP contribution in [0.25, 0.3) is 10.9 Å². The van der Waals surface area contributed by atoms with Gasteiger partial charge in [-0.3, -0.25) is 14.2 Å². The maximum absolute atomic E-state index is 13.2. The molecule has 7 nitrogen and oxygen atoms in total. The molecule has 2 aromatic rings. The molecule has 2 atom stereocenters. The van der Waals surface area contributed by atoms with Gasteiger partial charge in [-0.15, -0.1) is 0 Å². The topological polar surface area (TPSA) is 67.7 Å². The van der Waals surface area contributed by atoms with E-state index >= 15 is 0 Å². The van der Waals surface area contributed by atoms with E-state index in [1.807, 2.05) is 36.1 Å². The third-order valence-electron chi connectivity index (χ3n) is 6.00. The summed E-state index contributed by atoms with van der Waals surface area (Å²) < 4.78 is 7.48. The van der Waals surface area contributed by atoms with Gasteiger partial charge in [0.1, 0.15) is 0 Å². The van der Waals surface area contributed by atoms with E-state index in [2.05, 4.69) is 11.8 Å². The maximum Gasteiger partial charge on any atom is 0.262 e. The fraction of sp³-hybridized carbons (Fsp3) is 0.591. The number of hydrogen-bond acceptors (Lipinski definition) is 6. The molecular formula is C22H30N4O3S. The molecule has 1 aromatic heterocycles. The number of piperazine rings is 1. The summed E-state index contributed by atoms with van der Waals surface area (Å²) in [6, 6.07) is 7.41. The molecule has 0 spiro atoms. The first-order valence-corrected chi connectivity index (χ1v) is 11.7. The monoisotopic (exact) mass is 430 g/mol. The summed E-state index contributed by atoms with van der Waals surface area (Å²) in [5.74, 6) is 0.113. The van der Waals surface area contributed by atoms with Crippen LogP contribution in [-0.4, -0.2) is 75.9 Å². The van der Waals surface area contributed by atoms with Gasteiger partial charge in [0.05, 0.1) is 28.8 Å². The molecule has 4 rings (SSSR count). The third-order valence-corrected chi connectivity index (χ3v) is 7.08. The molecule has 2 aliphatic heterocycles. The first-order chi connectivity index (χ1) is 14.6. The molecule has 0 aliphatic carbocycles. The predicted molar refractivity (Wildman–Crippen MR) is 119 cm³/mol. The zero-order valence-electron chi connectivity index (χ0n) is 17.7. The Morgan fingerprint density at radius 3 is 2.73 bits per heavy atom. The van der Waals surface area contributed by atoms with E-state index < -0.39 is 0 Å². The van der Waals surface area contributed by atoms with Crippen LogP contribution in [0.4, 0.5) is 0 Å². The molecule has 2 fully saturated rings. The van der Waals surface area contributed by atoms with Crippen LogP contribution in [0.15, 0.2) is 34.2 Å². The highest BCUT2D eigenvalue weighted by Gasteiger charge is 2.27. The van der Waals surface area contributed by atoms with E-state index in [-0.39, 0.29) is 22.8 Å². The average Bonchev–Trinajstić information content (AvgIpc) is 3.29. The number of carbonyl (C=O) groups is 1. The molecule has 8 heteroatoms. The number of likely N-dealkylation sites (N-methyl/N-ethyl adjacent to an activating group) is 1. The Kier molecular flexibility index (Phi) is 6.75. The van der Waals surface area contributed by atoms with Crippen molar-refractivity contribution in [2.45, 2.75) is 49.7 Å². The van der Waals surface area contributed by atoms with E-state index in [4.69, 9.17) is 9.72 Å². The van der Waals surface area contributed by atoms with Crippen molar-refractivity contribution in [3.8, 4) is 0 Å². The van der Waals surface area contributed by atoms with Crippen LogP contribution in [0.5, 0.6) is 0 Å². The molecule has 2 unspecified atom stereocenters. The zero-order chi connectivity index (χ0) is 21.1. The smallest absolute Gasteiger partial charge is 0.262 e. The van der Waals surface area contributed by atoms with Gasteiger partial charge in [-0.2, -0.15) is 0 Å². The Bertz CT molecular complexity index is 949. The Hall–Kier alpha value is -1.90. The lowest BCUT2D eigenvalue weighted by molar-refractivity contribution is -0.132. The highest BCUT2D eigenvalue weighted by Crippen LogP contribution is 2.25. The Morgan fingerprint density at radius 1 is 1.27 bits per heavy atom. The van der Waals surface area contributed by atoms with Crippen molar-refractivity contribution >= 4 is 28.6 Å². The molecule has 162 valence electrons. The number of aromatic nitrogens is 2. The van der Waals surface area contributed by atoms with Gasteiger partial charge in [-0.25, -0.2) is 4.98 Å². The molecule has 0 saturated carbocycles. The summed E-state index contributed by atoms with van der Waals surface area (Å²) in [6.45, 7) is 9.64. The fourth-order valence-corrected chi connectivity index (χ4v) is 5.14. The molecule has 0 bridgehead atoms. The van der Waals surface area contributed by atoms with Gasteiger partial charge in [0.25, 0.3) is 5.56 Å². The highest BCUT2D eigenvalue weighted by atomic mass is 32.2. The normalized spacial score (nSPS) is 21.3. The number of thioether (sulfide) groups is 1. The van der Waals surface area contributed by atoms with Crippen molar-refractivity contribution in [3.05, 3.63) is 34.6 Å². The minimum atomic E-state index is -0.304. The van der Waals surface area contributed by atoms with E-state index in [1.165, 1.54) is 11.8 Å². The predicted octanol–water partition coefficient (Wildman–Crippen LogP) is 2.22. The average molecular weight is 431 g/mol. The van der Waals surface area contributed by atoms with Crippen LogP contribution < -0.4 is 5.56 Å². The van der Waals surface area contributed by atoms with Crippen LogP contribution >= 0.6 is 11.8 Å². The molecular weight excluding hydrogens is 400 g/mol. The summed E-state index contributed by atoms with van der Waals surface area (Å²) in [4.78, 5) is 35.3. The molecule has 0 radical (unpaired) electrons. The number of carbonyl (C=O) groups excluding carboxylic acids is 1. The zero-order valence-corrected chi connectivity index (χ0v) is 18.6. The van der Waals surface area contributed by atoms with E-state index in [1.54, 1.807) is 4.57 Å². The summed E-state index contributed by atoms with van der Waals surface area (Å²) in [5, 5.41) is 0.902. The second-order valence-electron chi connectivity index (χ2n) is 7.98. The van der Waals surface area contributed by atoms with Gasteiger partial charge in [0.15, 0.2) is 5.16 Å². The lowest BCUT2D eigenvalue weighted by Crippen LogP contribution is -2.50.